The number of hydrogen-bond acceptors (Lipinski definition) is 3. The Balaban J connectivity index is 1.32. The van der Waals surface area contributed by atoms with Crippen molar-refractivity contribution in [3.05, 3.63) is 11.6 Å². The lowest BCUT2D eigenvalue weighted by atomic mass is 9.49. The Morgan fingerprint density at radius 3 is 2.34 bits per heavy atom. The minimum atomic E-state index is -0.101. The molecule has 32 heavy (non-hydrogen) atoms. The van der Waals surface area contributed by atoms with Gasteiger partial charge in [-0.1, -0.05) is 63.9 Å². The SMILES string of the molecule is C[C@]12CC[C@H]3[C@@H]([C@H](CCCCCCCCCCCO)CC4=CC(=O)CC[C@@H]43)[C@@H]1CC[C@@H]2O. The van der Waals surface area contributed by atoms with Crippen LogP contribution >= 0.6 is 0 Å². The number of hydrogen-bond donors (Lipinski definition) is 2. The van der Waals surface area contributed by atoms with Gasteiger partial charge in [-0.15, -0.1) is 0 Å². The van der Waals surface area contributed by atoms with Gasteiger partial charge < -0.3 is 10.2 Å². The molecule has 0 aromatic carbocycles. The van der Waals surface area contributed by atoms with E-state index in [-0.39, 0.29) is 11.5 Å². The summed E-state index contributed by atoms with van der Waals surface area (Å²) in [5.74, 6) is 3.97. The van der Waals surface area contributed by atoms with Gasteiger partial charge in [-0.3, -0.25) is 4.79 Å². The Labute approximate surface area is 196 Å². The van der Waals surface area contributed by atoms with E-state index in [1.165, 1.54) is 82.6 Å². The van der Waals surface area contributed by atoms with E-state index < -0.39 is 0 Å². The van der Waals surface area contributed by atoms with Gasteiger partial charge in [0.05, 0.1) is 6.10 Å². The zero-order valence-corrected chi connectivity index (χ0v) is 20.6. The Bertz CT molecular complexity index is 655. The van der Waals surface area contributed by atoms with Crippen LogP contribution in [0.5, 0.6) is 0 Å². The third kappa shape index (κ3) is 5.19. The van der Waals surface area contributed by atoms with Crippen LogP contribution in [0.1, 0.15) is 116 Å². The first kappa shape index (κ1) is 24.5. The summed E-state index contributed by atoms with van der Waals surface area (Å²) in [6.45, 7) is 2.73. The second kappa shape index (κ2) is 11.2. The van der Waals surface area contributed by atoms with Gasteiger partial charge in [0.15, 0.2) is 5.78 Å². The molecular formula is C29H48O3. The maximum atomic E-state index is 12.2. The van der Waals surface area contributed by atoms with Crippen LogP contribution in [-0.4, -0.2) is 28.7 Å². The third-order valence-electron chi connectivity index (χ3n) is 10.2. The van der Waals surface area contributed by atoms with Crippen LogP contribution < -0.4 is 0 Å². The standard InChI is InChI=1S/C29H48O3/c1-29-17-16-25-24-13-12-23(31)20-22(24)19-21(28(25)26(29)14-15-27(29)32)11-9-7-5-3-2-4-6-8-10-18-30/h20-21,24-28,30,32H,2-19H2,1H3/t21-,24+,25-,26+,27+,28-,29+/m1/s1. The van der Waals surface area contributed by atoms with Crippen LogP contribution in [0.2, 0.25) is 0 Å². The summed E-state index contributed by atoms with van der Waals surface area (Å²) in [4.78, 5) is 12.2. The number of carbonyl (C=O) groups excluding carboxylic acids is 1. The number of aliphatic hydroxyl groups excluding tert-OH is 2. The maximum Gasteiger partial charge on any atom is 0.155 e. The van der Waals surface area contributed by atoms with Crippen molar-refractivity contribution < 1.29 is 15.0 Å². The maximum absolute atomic E-state index is 12.2. The summed E-state index contributed by atoms with van der Waals surface area (Å²) in [7, 11) is 0. The number of rotatable bonds is 11. The second-order valence-corrected chi connectivity index (χ2v) is 12.0. The summed E-state index contributed by atoms with van der Waals surface area (Å²) in [5, 5.41) is 19.7. The van der Waals surface area contributed by atoms with Gasteiger partial charge in [0.1, 0.15) is 0 Å². The zero-order valence-electron chi connectivity index (χ0n) is 20.6. The van der Waals surface area contributed by atoms with Gasteiger partial charge in [0.25, 0.3) is 0 Å². The minimum absolute atomic E-state index is 0.101. The zero-order chi connectivity index (χ0) is 22.6. The second-order valence-electron chi connectivity index (χ2n) is 12.0. The molecule has 3 fully saturated rings. The predicted molar refractivity (Wildman–Crippen MR) is 130 cm³/mol. The predicted octanol–water partition coefficient (Wildman–Crippen LogP) is 6.61. The Kier molecular flexibility index (Phi) is 8.54. The van der Waals surface area contributed by atoms with Gasteiger partial charge >= 0.3 is 0 Å². The summed E-state index contributed by atoms with van der Waals surface area (Å²) in [5.41, 5.74) is 1.64. The highest BCUT2D eigenvalue weighted by Gasteiger charge is 2.58. The molecule has 2 N–H and O–H groups in total. The molecule has 4 rings (SSSR count). The van der Waals surface area contributed by atoms with Crippen molar-refractivity contribution >= 4 is 5.78 Å². The fraction of sp³-hybridized carbons (Fsp3) is 0.897. The number of allylic oxidation sites excluding steroid dienone is 1. The molecule has 182 valence electrons. The van der Waals surface area contributed by atoms with Gasteiger partial charge in [0.2, 0.25) is 0 Å². The van der Waals surface area contributed by atoms with E-state index in [9.17, 15) is 9.90 Å². The van der Waals surface area contributed by atoms with Crippen molar-refractivity contribution in [2.75, 3.05) is 6.61 Å². The molecule has 0 bridgehead atoms. The van der Waals surface area contributed by atoms with Crippen molar-refractivity contribution in [1.29, 1.82) is 0 Å². The Hall–Kier alpha value is -0.670. The Morgan fingerprint density at radius 2 is 1.62 bits per heavy atom. The van der Waals surface area contributed by atoms with Gasteiger partial charge in [-0.25, -0.2) is 0 Å². The van der Waals surface area contributed by atoms with Crippen LogP contribution in [-0.2, 0) is 4.79 Å². The topological polar surface area (TPSA) is 57.5 Å². The molecule has 0 aromatic rings. The van der Waals surface area contributed by atoms with E-state index >= 15 is 0 Å². The first-order valence-electron chi connectivity index (χ1n) is 14.1. The van der Waals surface area contributed by atoms with Crippen molar-refractivity contribution in [3.8, 4) is 0 Å². The monoisotopic (exact) mass is 444 g/mol. The highest BCUT2D eigenvalue weighted by Crippen LogP contribution is 2.63. The molecule has 3 heteroatoms. The summed E-state index contributed by atoms with van der Waals surface area (Å²) >= 11 is 0. The molecule has 0 saturated heterocycles. The highest BCUT2D eigenvalue weighted by atomic mass is 16.3. The molecule has 7 atom stereocenters. The lowest BCUT2D eigenvalue weighted by Gasteiger charge is -2.56. The quantitative estimate of drug-likeness (QED) is 0.353. The van der Waals surface area contributed by atoms with Crippen LogP contribution in [0.4, 0.5) is 0 Å². The van der Waals surface area contributed by atoms with E-state index in [1.807, 2.05) is 6.08 Å². The number of carbonyl (C=O) groups is 1. The largest absolute Gasteiger partial charge is 0.396 e. The number of unbranched alkanes of at least 4 members (excludes halogenated alkanes) is 8. The molecule has 0 aromatic heterocycles. The molecule has 0 radical (unpaired) electrons. The average Bonchev–Trinajstić information content (AvgIpc) is 3.09. The van der Waals surface area contributed by atoms with E-state index in [1.54, 1.807) is 0 Å². The molecule has 4 aliphatic carbocycles. The van der Waals surface area contributed by atoms with Crippen molar-refractivity contribution in [3.63, 3.8) is 0 Å². The van der Waals surface area contributed by atoms with Gasteiger partial charge in [-0.2, -0.15) is 0 Å². The molecular weight excluding hydrogens is 396 g/mol. The van der Waals surface area contributed by atoms with Crippen molar-refractivity contribution in [2.24, 2.45) is 35.0 Å². The lowest BCUT2D eigenvalue weighted by Crippen LogP contribution is -2.50. The fourth-order valence-corrected chi connectivity index (χ4v) is 8.40. The molecule has 0 amide bonds. The molecule has 3 saturated carbocycles. The van der Waals surface area contributed by atoms with E-state index in [2.05, 4.69) is 6.92 Å². The van der Waals surface area contributed by atoms with Crippen LogP contribution in [0.15, 0.2) is 11.6 Å². The number of ketones is 1. The third-order valence-corrected chi connectivity index (χ3v) is 10.2. The highest BCUT2D eigenvalue weighted by molar-refractivity contribution is 5.91. The molecule has 3 nitrogen and oxygen atoms in total. The summed E-state index contributed by atoms with van der Waals surface area (Å²) in [6, 6.07) is 0. The van der Waals surface area contributed by atoms with Crippen molar-refractivity contribution in [1.82, 2.24) is 0 Å². The van der Waals surface area contributed by atoms with Gasteiger partial charge in [0, 0.05) is 13.0 Å². The lowest BCUT2D eigenvalue weighted by molar-refractivity contribution is -0.116. The molecule has 0 unspecified atom stereocenters. The summed E-state index contributed by atoms with van der Waals surface area (Å²) < 4.78 is 0. The first-order valence-corrected chi connectivity index (χ1v) is 14.1. The van der Waals surface area contributed by atoms with Crippen LogP contribution in [0, 0.1) is 35.0 Å². The first-order chi connectivity index (χ1) is 15.5. The summed E-state index contributed by atoms with van der Waals surface area (Å²) in [6.07, 6.45) is 22.4. The fourth-order valence-electron chi connectivity index (χ4n) is 8.40. The van der Waals surface area contributed by atoms with Crippen molar-refractivity contribution in [2.45, 2.75) is 122 Å². The average molecular weight is 445 g/mol. The number of aliphatic hydroxyl groups is 2. The Morgan fingerprint density at radius 1 is 0.938 bits per heavy atom. The van der Waals surface area contributed by atoms with Crippen LogP contribution in [0.3, 0.4) is 0 Å². The number of fused-ring (bicyclic) bond motifs is 5. The minimum Gasteiger partial charge on any atom is -0.396 e. The van der Waals surface area contributed by atoms with E-state index in [4.69, 9.17) is 5.11 Å². The van der Waals surface area contributed by atoms with E-state index in [0.717, 1.165) is 49.9 Å². The van der Waals surface area contributed by atoms with E-state index in [0.29, 0.717) is 24.2 Å². The molecule has 0 heterocycles. The normalized spacial score (nSPS) is 38.7. The smallest absolute Gasteiger partial charge is 0.155 e. The molecule has 0 spiro atoms. The molecule has 4 aliphatic rings. The molecule has 0 aliphatic heterocycles. The van der Waals surface area contributed by atoms with Gasteiger partial charge in [-0.05, 0) is 92.4 Å². The van der Waals surface area contributed by atoms with Crippen LogP contribution in [0.25, 0.3) is 0 Å².